The van der Waals surface area contributed by atoms with Crippen molar-refractivity contribution in [3.05, 3.63) is 47.3 Å². The number of allylic oxidation sites excluding steroid dienone is 1. The molecule has 4 nitrogen and oxygen atoms in total. The zero-order valence-corrected chi connectivity index (χ0v) is 18.4. The van der Waals surface area contributed by atoms with Crippen LogP contribution in [0.5, 0.6) is 0 Å². The number of amides is 2. The highest BCUT2D eigenvalue weighted by molar-refractivity contribution is 6.05. The molecule has 1 saturated heterocycles. The molecule has 31 heavy (non-hydrogen) atoms. The second-order valence-corrected chi connectivity index (χ2v) is 10.6. The molecule has 6 atom stereocenters. The van der Waals surface area contributed by atoms with Crippen LogP contribution >= 0.6 is 0 Å². The summed E-state index contributed by atoms with van der Waals surface area (Å²) in [6.45, 7) is 4.47. The maximum Gasteiger partial charge on any atom is 0.260 e. The van der Waals surface area contributed by atoms with Gasteiger partial charge in [-0.1, -0.05) is 18.6 Å². The Kier molecular flexibility index (Phi) is 4.89. The second kappa shape index (κ2) is 7.26. The van der Waals surface area contributed by atoms with Gasteiger partial charge in [0, 0.05) is 12.0 Å². The van der Waals surface area contributed by atoms with E-state index in [9.17, 15) is 19.1 Å². The average molecular weight is 426 g/mol. The first-order chi connectivity index (χ1) is 14.7. The zero-order chi connectivity index (χ0) is 22.0. The van der Waals surface area contributed by atoms with E-state index in [0.717, 1.165) is 44.9 Å². The summed E-state index contributed by atoms with van der Waals surface area (Å²) in [4.78, 5) is 28.0. The van der Waals surface area contributed by atoms with E-state index in [-0.39, 0.29) is 35.1 Å². The monoisotopic (exact) mass is 425 g/mol. The van der Waals surface area contributed by atoms with Crippen molar-refractivity contribution in [1.82, 2.24) is 4.90 Å². The Bertz CT molecular complexity index is 940. The third-order valence-electron chi connectivity index (χ3n) is 9.16. The summed E-state index contributed by atoms with van der Waals surface area (Å²) in [5.74, 6) is 0.463. The molecule has 4 aliphatic rings. The molecule has 1 aromatic carbocycles. The summed E-state index contributed by atoms with van der Waals surface area (Å²) in [5.41, 5.74) is 1.41. The highest BCUT2D eigenvalue weighted by atomic mass is 19.1. The van der Waals surface area contributed by atoms with Crippen LogP contribution in [0.15, 0.2) is 35.9 Å². The third-order valence-corrected chi connectivity index (χ3v) is 9.16. The number of likely N-dealkylation sites (tertiary alicyclic amines) is 1. The molecule has 1 heterocycles. The molecular weight excluding hydrogens is 393 g/mol. The Hall–Kier alpha value is -2.01. The van der Waals surface area contributed by atoms with Crippen molar-refractivity contribution >= 4 is 11.8 Å². The van der Waals surface area contributed by atoms with E-state index in [2.05, 4.69) is 19.9 Å². The number of hydrogen-bond acceptors (Lipinski definition) is 3. The minimum atomic E-state index is -0.502. The van der Waals surface area contributed by atoms with Crippen molar-refractivity contribution in [2.75, 3.05) is 0 Å². The fraction of sp³-hybridized carbons (Fsp3) is 0.615. The van der Waals surface area contributed by atoms with Gasteiger partial charge in [-0.25, -0.2) is 4.39 Å². The minimum Gasteiger partial charge on any atom is -0.393 e. The quantitative estimate of drug-likeness (QED) is 0.516. The molecule has 0 unspecified atom stereocenters. The second-order valence-electron chi connectivity index (χ2n) is 10.6. The maximum absolute atomic E-state index is 13.4. The van der Waals surface area contributed by atoms with Gasteiger partial charge in [0.05, 0.1) is 11.6 Å². The predicted octanol–water partition coefficient (Wildman–Crippen LogP) is 4.87. The summed E-state index contributed by atoms with van der Waals surface area (Å²) < 4.78 is 13.4. The van der Waals surface area contributed by atoms with Crippen molar-refractivity contribution in [2.45, 2.75) is 76.9 Å². The van der Waals surface area contributed by atoms with E-state index in [0.29, 0.717) is 23.8 Å². The maximum atomic E-state index is 13.4. The van der Waals surface area contributed by atoms with E-state index in [1.165, 1.54) is 34.7 Å². The van der Waals surface area contributed by atoms with Crippen LogP contribution in [0, 0.1) is 29.0 Å². The SMILES string of the molecule is C[C@]12CC[C@H](O)CC1=CC[C@@H]1[C@@H]2CC[C@@]2(C)[C@H]1CCC(=O)N2C(=O)c1ccc(F)cc1. The summed E-state index contributed by atoms with van der Waals surface area (Å²) in [7, 11) is 0. The number of carbonyl (C=O) groups is 2. The number of piperidine rings is 1. The smallest absolute Gasteiger partial charge is 0.260 e. The van der Waals surface area contributed by atoms with E-state index < -0.39 is 5.54 Å². The van der Waals surface area contributed by atoms with Crippen molar-refractivity contribution in [2.24, 2.45) is 23.2 Å². The van der Waals surface area contributed by atoms with Crippen molar-refractivity contribution in [1.29, 1.82) is 0 Å². The number of aliphatic hydroxyl groups excluding tert-OH is 1. The molecule has 3 fully saturated rings. The van der Waals surface area contributed by atoms with Crippen LogP contribution in [0.1, 0.15) is 75.6 Å². The van der Waals surface area contributed by atoms with Crippen LogP contribution < -0.4 is 0 Å². The van der Waals surface area contributed by atoms with Gasteiger partial charge in [0.25, 0.3) is 5.91 Å². The molecule has 5 rings (SSSR count). The van der Waals surface area contributed by atoms with E-state index in [4.69, 9.17) is 0 Å². The van der Waals surface area contributed by atoms with Crippen molar-refractivity contribution in [3.63, 3.8) is 0 Å². The Morgan fingerprint density at radius 1 is 1.10 bits per heavy atom. The lowest BCUT2D eigenvalue weighted by Gasteiger charge is -2.61. The fourth-order valence-electron chi connectivity index (χ4n) is 7.49. The lowest BCUT2D eigenvalue weighted by atomic mass is 9.48. The topological polar surface area (TPSA) is 57.6 Å². The summed E-state index contributed by atoms with van der Waals surface area (Å²) in [6.07, 6.45) is 8.77. The first-order valence-corrected chi connectivity index (χ1v) is 11.7. The Morgan fingerprint density at radius 3 is 2.58 bits per heavy atom. The van der Waals surface area contributed by atoms with Gasteiger partial charge in [-0.15, -0.1) is 0 Å². The van der Waals surface area contributed by atoms with Crippen LogP contribution in [0.25, 0.3) is 0 Å². The Labute approximate surface area is 183 Å². The van der Waals surface area contributed by atoms with Crippen LogP contribution in [0.2, 0.25) is 0 Å². The highest BCUT2D eigenvalue weighted by Gasteiger charge is 2.59. The van der Waals surface area contributed by atoms with Gasteiger partial charge in [-0.2, -0.15) is 0 Å². The fourth-order valence-corrected chi connectivity index (χ4v) is 7.49. The highest BCUT2D eigenvalue weighted by Crippen LogP contribution is 2.61. The molecule has 1 aromatic rings. The molecule has 166 valence electrons. The van der Waals surface area contributed by atoms with E-state index in [1.807, 2.05) is 0 Å². The summed E-state index contributed by atoms with van der Waals surface area (Å²) in [6, 6.07) is 5.52. The molecule has 0 spiro atoms. The molecular formula is C26H32FNO3. The number of fused-ring (bicyclic) bond motifs is 5. The third kappa shape index (κ3) is 3.11. The molecule has 0 radical (unpaired) electrons. The lowest BCUT2D eigenvalue weighted by molar-refractivity contribution is -0.150. The average Bonchev–Trinajstić information content (AvgIpc) is 2.73. The molecule has 2 amide bonds. The number of halogens is 1. The molecule has 0 bridgehead atoms. The van der Waals surface area contributed by atoms with Gasteiger partial charge in [-0.3, -0.25) is 14.5 Å². The number of rotatable bonds is 1. The predicted molar refractivity (Wildman–Crippen MR) is 116 cm³/mol. The standard InChI is InChI=1S/C26H32FNO3/c1-25-13-11-19(29)15-17(25)5-8-20-21(25)12-14-26(2)22(20)9-10-23(30)28(26)24(31)16-3-6-18(27)7-4-16/h3-7,19-22,29H,8-15H2,1-2H3/t19-,20+,21-,22-,25-,26-/m0/s1. The van der Waals surface area contributed by atoms with Crippen LogP contribution in [0.3, 0.4) is 0 Å². The number of nitrogens with zero attached hydrogens (tertiary/aromatic N) is 1. The van der Waals surface area contributed by atoms with Gasteiger partial charge in [0.1, 0.15) is 5.82 Å². The normalized spacial score (nSPS) is 39.8. The van der Waals surface area contributed by atoms with Crippen LogP contribution in [0.4, 0.5) is 4.39 Å². The summed E-state index contributed by atoms with van der Waals surface area (Å²) in [5, 5.41) is 10.2. The largest absolute Gasteiger partial charge is 0.393 e. The van der Waals surface area contributed by atoms with Crippen molar-refractivity contribution < 1.29 is 19.1 Å². The van der Waals surface area contributed by atoms with Crippen molar-refractivity contribution in [3.8, 4) is 0 Å². The molecule has 3 aliphatic carbocycles. The van der Waals surface area contributed by atoms with E-state index in [1.54, 1.807) is 0 Å². The first kappa shape index (κ1) is 20.9. The van der Waals surface area contributed by atoms with Gasteiger partial charge in [-0.05, 0) is 99.3 Å². The number of aliphatic hydroxyl groups is 1. The van der Waals surface area contributed by atoms with Gasteiger partial charge in [0.2, 0.25) is 5.91 Å². The molecule has 2 saturated carbocycles. The number of hydrogen-bond donors (Lipinski definition) is 1. The molecule has 0 aromatic heterocycles. The molecule has 1 N–H and O–H groups in total. The van der Waals surface area contributed by atoms with Gasteiger partial charge in [0.15, 0.2) is 0 Å². The lowest BCUT2D eigenvalue weighted by Crippen LogP contribution is -2.65. The molecule has 5 heteroatoms. The minimum absolute atomic E-state index is 0.106. The number of benzene rings is 1. The number of imide groups is 1. The number of carbonyl (C=O) groups excluding carboxylic acids is 2. The molecule has 1 aliphatic heterocycles. The van der Waals surface area contributed by atoms with Gasteiger partial charge < -0.3 is 5.11 Å². The van der Waals surface area contributed by atoms with Gasteiger partial charge >= 0.3 is 0 Å². The van der Waals surface area contributed by atoms with Crippen LogP contribution in [-0.2, 0) is 4.79 Å². The van der Waals surface area contributed by atoms with E-state index >= 15 is 0 Å². The first-order valence-electron chi connectivity index (χ1n) is 11.7. The van der Waals surface area contributed by atoms with Crippen LogP contribution in [-0.4, -0.2) is 33.5 Å². The Balaban J connectivity index is 1.48. The zero-order valence-electron chi connectivity index (χ0n) is 18.4. The summed E-state index contributed by atoms with van der Waals surface area (Å²) >= 11 is 0. The Morgan fingerprint density at radius 2 is 1.84 bits per heavy atom.